The first-order valence-corrected chi connectivity index (χ1v) is 5.41. The lowest BCUT2D eigenvalue weighted by atomic mass is 10.4. The third kappa shape index (κ3) is 1.92. The Bertz CT molecular complexity index is 432. The van der Waals surface area contributed by atoms with Gasteiger partial charge in [0.15, 0.2) is 0 Å². The SMILES string of the molecule is Cc1nc(Cl)c([N+](=O)[O-])c(N2CCCC2)n1. The van der Waals surface area contributed by atoms with Gasteiger partial charge in [0.1, 0.15) is 5.82 Å². The summed E-state index contributed by atoms with van der Waals surface area (Å²) in [6.45, 7) is 3.25. The maximum absolute atomic E-state index is 10.9. The maximum Gasteiger partial charge on any atom is 0.348 e. The lowest BCUT2D eigenvalue weighted by Crippen LogP contribution is -2.21. The number of hydrogen-bond donors (Lipinski definition) is 0. The van der Waals surface area contributed by atoms with E-state index in [1.54, 1.807) is 6.92 Å². The lowest BCUT2D eigenvalue weighted by molar-refractivity contribution is -0.384. The van der Waals surface area contributed by atoms with Crippen molar-refractivity contribution in [3.8, 4) is 0 Å². The van der Waals surface area contributed by atoms with E-state index in [-0.39, 0.29) is 10.8 Å². The maximum atomic E-state index is 10.9. The van der Waals surface area contributed by atoms with E-state index in [0.29, 0.717) is 11.6 Å². The molecule has 7 heteroatoms. The van der Waals surface area contributed by atoms with Crippen molar-refractivity contribution >= 4 is 23.1 Å². The summed E-state index contributed by atoms with van der Waals surface area (Å²) < 4.78 is 0. The largest absolute Gasteiger partial charge is 0.351 e. The number of anilines is 1. The van der Waals surface area contributed by atoms with Gasteiger partial charge in [-0.2, -0.15) is 0 Å². The van der Waals surface area contributed by atoms with Crippen molar-refractivity contribution in [3.63, 3.8) is 0 Å². The van der Waals surface area contributed by atoms with Crippen LogP contribution in [-0.4, -0.2) is 28.0 Å². The summed E-state index contributed by atoms with van der Waals surface area (Å²) >= 11 is 5.79. The van der Waals surface area contributed by atoms with Gasteiger partial charge in [-0.3, -0.25) is 10.1 Å². The molecule has 0 spiro atoms. The molecule has 0 unspecified atom stereocenters. The minimum atomic E-state index is -0.518. The summed E-state index contributed by atoms with van der Waals surface area (Å²) in [5, 5.41) is 10.8. The van der Waals surface area contributed by atoms with E-state index in [1.165, 1.54) is 0 Å². The quantitative estimate of drug-likeness (QED) is 0.450. The molecule has 1 aliphatic rings. The third-order valence-corrected chi connectivity index (χ3v) is 2.79. The summed E-state index contributed by atoms with van der Waals surface area (Å²) in [5.74, 6) is 0.803. The zero-order valence-corrected chi connectivity index (χ0v) is 9.57. The van der Waals surface area contributed by atoms with Crippen LogP contribution in [0.5, 0.6) is 0 Å². The second-order valence-corrected chi connectivity index (χ2v) is 4.04. The van der Waals surface area contributed by atoms with Crippen LogP contribution in [0, 0.1) is 17.0 Å². The molecular weight excluding hydrogens is 232 g/mol. The third-order valence-electron chi connectivity index (χ3n) is 2.52. The van der Waals surface area contributed by atoms with E-state index in [1.807, 2.05) is 4.90 Å². The molecule has 1 aromatic heterocycles. The van der Waals surface area contributed by atoms with Crippen molar-refractivity contribution in [1.82, 2.24) is 9.97 Å². The van der Waals surface area contributed by atoms with Gasteiger partial charge in [0, 0.05) is 13.1 Å². The molecule has 0 radical (unpaired) electrons. The van der Waals surface area contributed by atoms with E-state index >= 15 is 0 Å². The first kappa shape index (κ1) is 11.1. The van der Waals surface area contributed by atoms with E-state index < -0.39 is 4.92 Å². The Hall–Kier alpha value is -1.43. The Morgan fingerprint density at radius 1 is 1.38 bits per heavy atom. The molecule has 0 aromatic carbocycles. The van der Waals surface area contributed by atoms with Crippen LogP contribution >= 0.6 is 11.6 Å². The Morgan fingerprint density at radius 2 is 2.00 bits per heavy atom. The normalized spacial score (nSPS) is 15.5. The number of aryl methyl sites for hydroxylation is 1. The summed E-state index contributed by atoms with van der Waals surface area (Å²) in [6, 6.07) is 0. The van der Waals surface area contributed by atoms with Crippen LogP contribution < -0.4 is 4.90 Å². The van der Waals surface area contributed by atoms with Crippen molar-refractivity contribution in [1.29, 1.82) is 0 Å². The van der Waals surface area contributed by atoms with Gasteiger partial charge >= 0.3 is 5.69 Å². The fraction of sp³-hybridized carbons (Fsp3) is 0.556. The smallest absolute Gasteiger partial charge is 0.348 e. The molecule has 16 heavy (non-hydrogen) atoms. The average Bonchev–Trinajstić information content (AvgIpc) is 2.67. The first-order valence-electron chi connectivity index (χ1n) is 5.03. The highest BCUT2D eigenvalue weighted by Crippen LogP contribution is 2.33. The highest BCUT2D eigenvalue weighted by Gasteiger charge is 2.28. The molecule has 2 heterocycles. The topological polar surface area (TPSA) is 72.2 Å². The molecular formula is C9H11ClN4O2. The first-order chi connectivity index (χ1) is 7.59. The molecule has 86 valence electrons. The molecule has 2 rings (SSSR count). The fourth-order valence-corrected chi connectivity index (χ4v) is 2.10. The Kier molecular flexibility index (Phi) is 2.91. The molecule has 0 aliphatic carbocycles. The predicted molar refractivity (Wildman–Crippen MR) is 59.9 cm³/mol. The van der Waals surface area contributed by atoms with Gasteiger partial charge in [0.2, 0.25) is 11.0 Å². The molecule has 0 atom stereocenters. The molecule has 6 nitrogen and oxygen atoms in total. The predicted octanol–water partition coefficient (Wildman–Crippen LogP) is 1.95. The standard InChI is InChI=1S/C9H11ClN4O2/c1-6-11-8(10)7(14(15)16)9(12-6)13-4-2-3-5-13/h2-5H2,1H3. The van der Waals surface area contributed by atoms with Crippen LogP contribution in [0.2, 0.25) is 5.15 Å². The molecule has 1 saturated heterocycles. The van der Waals surface area contributed by atoms with Crippen molar-refractivity contribution in [3.05, 3.63) is 21.1 Å². The van der Waals surface area contributed by atoms with Gasteiger partial charge in [-0.05, 0) is 19.8 Å². The van der Waals surface area contributed by atoms with Crippen LogP contribution in [0.15, 0.2) is 0 Å². The van der Waals surface area contributed by atoms with Crippen molar-refractivity contribution in [2.75, 3.05) is 18.0 Å². The van der Waals surface area contributed by atoms with Crippen molar-refractivity contribution in [2.24, 2.45) is 0 Å². The molecule has 0 bridgehead atoms. The second kappa shape index (κ2) is 4.21. The zero-order valence-electron chi connectivity index (χ0n) is 8.81. The molecule has 0 amide bonds. The van der Waals surface area contributed by atoms with Gasteiger partial charge in [-0.15, -0.1) is 0 Å². The minimum Gasteiger partial charge on any atom is -0.351 e. The van der Waals surface area contributed by atoms with Gasteiger partial charge in [-0.1, -0.05) is 11.6 Å². The van der Waals surface area contributed by atoms with Crippen LogP contribution in [0.1, 0.15) is 18.7 Å². The summed E-state index contributed by atoms with van der Waals surface area (Å²) in [4.78, 5) is 20.2. The Morgan fingerprint density at radius 3 is 2.56 bits per heavy atom. The Labute approximate surface area is 97.4 Å². The number of nitrogens with zero attached hydrogens (tertiary/aromatic N) is 4. The number of rotatable bonds is 2. The van der Waals surface area contributed by atoms with Gasteiger partial charge in [-0.25, -0.2) is 9.97 Å². The average molecular weight is 243 g/mol. The molecule has 1 aromatic rings. The highest BCUT2D eigenvalue weighted by molar-refractivity contribution is 6.31. The van der Waals surface area contributed by atoms with Crippen LogP contribution in [0.3, 0.4) is 0 Å². The summed E-state index contributed by atoms with van der Waals surface area (Å²) in [6.07, 6.45) is 2.05. The van der Waals surface area contributed by atoms with E-state index in [2.05, 4.69) is 9.97 Å². The van der Waals surface area contributed by atoms with Crippen LogP contribution in [-0.2, 0) is 0 Å². The van der Waals surface area contributed by atoms with Crippen LogP contribution in [0.25, 0.3) is 0 Å². The number of halogens is 1. The van der Waals surface area contributed by atoms with E-state index in [4.69, 9.17) is 11.6 Å². The Balaban J connectivity index is 2.52. The van der Waals surface area contributed by atoms with E-state index in [0.717, 1.165) is 25.9 Å². The second-order valence-electron chi connectivity index (χ2n) is 3.69. The van der Waals surface area contributed by atoms with Crippen molar-refractivity contribution < 1.29 is 4.92 Å². The lowest BCUT2D eigenvalue weighted by Gasteiger charge is -2.16. The monoisotopic (exact) mass is 242 g/mol. The molecule has 0 saturated carbocycles. The molecule has 1 fully saturated rings. The van der Waals surface area contributed by atoms with Gasteiger partial charge in [0.25, 0.3) is 0 Å². The number of aromatic nitrogens is 2. The zero-order chi connectivity index (χ0) is 11.7. The number of nitro groups is 1. The van der Waals surface area contributed by atoms with E-state index in [9.17, 15) is 10.1 Å². The number of hydrogen-bond acceptors (Lipinski definition) is 5. The molecule has 0 N–H and O–H groups in total. The van der Waals surface area contributed by atoms with Gasteiger partial charge in [0.05, 0.1) is 4.92 Å². The summed E-state index contributed by atoms with van der Waals surface area (Å²) in [7, 11) is 0. The molecule has 1 aliphatic heterocycles. The van der Waals surface area contributed by atoms with Crippen LogP contribution in [0.4, 0.5) is 11.5 Å². The summed E-state index contributed by atoms with van der Waals surface area (Å²) in [5.41, 5.74) is -0.186. The van der Waals surface area contributed by atoms with Gasteiger partial charge < -0.3 is 4.90 Å². The van der Waals surface area contributed by atoms with Crippen molar-refractivity contribution in [2.45, 2.75) is 19.8 Å². The minimum absolute atomic E-state index is 0.0839. The fourth-order valence-electron chi connectivity index (χ4n) is 1.82. The highest BCUT2D eigenvalue weighted by atomic mass is 35.5.